The molecule has 1 amide bonds. The van der Waals surface area contributed by atoms with E-state index < -0.39 is 35.3 Å². The van der Waals surface area contributed by atoms with Crippen LogP contribution in [0.15, 0.2) is 54.1 Å². The van der Waals surface area contributed by atoms with Crippen LogP contribution in [0.2, 0.25) is 0 Å². The summed E-state index contributed by atoms with van der Waals surface area (Å²) < 4.78 is 24.0. The first kappa shape index (κ1) is 25.1. The molecule has 1 aliphatic heterocycles. The largest absolute Gasteiger partial charge is 0.507 e. The number of nitrogens with zero attached hydrogens (tertiary/aromatic N) is 2. The van der Waals surface area contributed by atoms with E-state index >= 15 is 0 Å². The molecule has 1 aliphatic rings. The first-order valence-corrected chi connectivity index (χ1v) is 11.9. The molecule has 1 aromatic heterocycles. The normalized spacial score (nSPS) is 16.9. The van der Waals surface area contributed by atoms with Crippen molar-refractivity contribution in [2.24, 2.45) is 0 Å². The lowest BCUT2D eigenvalue weighted by molar-refractivity contribution is -0.132. The molecule has 186 valence electrons. The van der Waals surface area contributed by atoms with Crippen molar-refractivity contribution in [3.63, 3.8) is 0 Å². The lowest BCUT2D eigenvalue weighted by Gasteiger charge is -2.23. The first-order valence-electron chi connectivity index (χ1n) is 11.1. The molecule has 0 radical (unpaired) electrons. The fourth-order valence-corrected chi connectivity index (χ4v) is 4.88. The molecule has 0 bridgehead atoms. The molecule has 2 heterocycles. The van der Waals surface area contributed by atoms with Crippen molar-refractivity contribution < 1.29 is 33.4 Å². The standard InChI is InChI=1S/C26H23FN2O6S/c1-4-12-35-18-7-5-6-16(13-18)20-19(21(30)15-8-10-17(27)11-9-15)22(31)24(32)29(20)26-28-14(2)23(36-26)25(33)34-3/h5-11,13,20,30H,4,12H2,1-3H3. The number of methoxy groups -OCH3 is 1. The number of aryl methyl sites for hydroxylation is 1. The number of carbonyl (C=O) groups is 3. The number of hydrogen-bond acceptors (Lipinski definition) is 8. The number of thiazole rings is 1. The highest BCUT2D eigenvalue weighted by Gasteiger charge is 2.48. The molecular weight excluding hydrogens is 487 g/mol. The second-order valence-electron chi connectivity index (χ2n) is 8.00. The van der Waals surface area contributed by atoms with Gasteiger partial charge in [0.2, 0.25) is 0 Å². The Labute approximate surface area is 210 Å². The van der Waals surface area contributed by atoms with Gasteiger partial charge in [0, 0.05) is 5.56 Å². The van der Waals surface area contributed by atoms with Crippen molar-refractivity contribution >= 4 is 39.9 Å². The van der Waals surface area contributed by atoms with Gasteiger partial charge in [0.1, 0.15) is 22.2 Å². The fraction of sp³-hybridized carbons (Fsp3) is 0.231. The highest BCUT2D eigenvalue weighted by molar-refractivity contribution is 7.17. The van der Waals surface area contributed by atoms with Gasteiger partial charge in [0.15, 0.2) is 5.13 Å². The predicted octanol–water partition coefficient (Wildman–Crippen LogP) is 4.79. The predicted molar refractivity (Wildman–Crippen MR) is 132 cm³/mol. The van der Waals surface area contributed by atoms with Crippen molar-refractivity contribution in [1.82, 2.24) is 4.98 Å². The van der Waals surface area contributed by atoms with E-state index in [2.05, 4.69) is 4.98 Å². The molecule has 1 atom stereocenters. The van der Waals surface area contributed by atoms with Gasteiger partial charge in [-0.1, -0.05) is 30.4 Å². The summed E-state index contributed by atoms with van der Waals surface area (Å²) in [5.41, 5.74) is 0.801. The monoisotopic (exact) mass is 510 g/mol. The van der Waals surface area contributed by atoms with Crippen LogP contribution in [0.5, 0.6) is 5.75 Å². The zero-order chi connectivity index (χ0) is 26.0. The molecule has 1 saturated heterocycles. The summed E-state index contributed by atoms with van der Waals surface area (Å²) in [6.45, 7) is 4.02. The van der Waals surface area contributed by atoms with E-state index in [1.807, 2.05) is 6.92 Å². The fourth-order valence-electron chi connectivity index (χ4n) is 3.87. The maximum absolute atomic E-state index is 13.5. The van der Waals surface area contributed by atoms with E-state index in [4.69, 9.17) is 9.47 Å². The molecule has 1 unspecified atom stereocenters. The molecule has 1 fully saturated rings. The molecule has 0 aliphatic carbocycles. The Hall–Kier alpha value is -4.05. The van der Waals surface area contributed by atoms with Crippen LogP contribution in [-0.4, -0.2) is 41.5 Å². The number of hydrogen-bond donors (Lipinski definition) is 1. The summed E-state index contributed by atoms with van der Waals surface area (Å²) in [6.07, 6.45) is 0.780. The lowest BCUT2D eigenvalue weighted by atomic mass is 9.95. The second-order valence-corrected chi connectivity index (χ2v) is 8.98. The van der Waals surface area contributed by atoms with Crippen LogP contribution in [0.1, 0.15) is 45.9 Å². The lowest BCUT2D eigenvalue weighted by Crippen LogP contribution is -2.29. The van der Waals surface area contributed by atoms with Gasteiger partial charge in [-0.15, -0.1) is 0 Å². The summed E-state index contributed by atoms with van der Waals surface area (Å²) in [5, 5.41) is 11.2. The Morgan fingerprint density at radius 1 is 1.19 bits per heavy atom. The average Bonchev–Trinajstić information content (AvgIpc) is 3.39. The van der Waals surface area contributed by atoms with Crippen LogP contribution in [0, 0.1) is 12.7 Å². The van der Waals surface area contributed by atoms with Crippen LogP contribution in [-0.2, 0) is 14.3 Å². The van der Waals surface area contributed by atoms with Crippen LogP contribution >= 0.6 is 11.3 Å². The van der Waals surface area contributed by atoms with Crippen LogP contribution in [0.3, 0.4) is 0 Å². The maximum atomic E-state index is 13.5. The number of aliphatic hydroxyl groups excluding tert-OH is 1. The molecule has 10 heteroatoms. The van der Waals surface area contributed by atoms with E-state index in [9.17, 15) is 23.9 Å². The first-order chi connectivity index (χ1) is 17.3. The van der Waals surface area contributed by atoms with E-state index in [0.717, 1.165) is 34.8 Å². The number of aliphatic hydroxyl groups is 1. The number of halogens is 1. The van der Waals surface area contributed by atoms with Gasteiger partial charge < -0.3 is 14.6 Å². The average molecular weight is 511 g/mol. The SMILES string of the molecule is CCCOc1cccc(C2C(=C(O)c3ccc(F)cc3)C(=O)C(=O)N2c2nc(C)c(C(=O)OC)s2)c1. The third-order valence-corrected chi connectivity index (χ3v) is 6.71. The molecule has 8 nitrogen and oxygen atoms in total. The number of anilines is 1. The number of Topliss-reactive ketones (excluding diaryl/α,β-unsaturated/α-hetero) is 1. The van der Waals surface area contributed by atoms with Gasteiger partial charge in [0.05, 0.1) is 31.0 Å². The topological polar surface area (TPSA) is 106 Å². The van der Waals surface area contributed by atoms with Crippen molar-refractivity contribution in [3.8, 4) is 5.75 Å². The molecule has 0 spiro atoms. The minimum absolute atomic E-state index is 0.0954. The van der Waals surface area contributed by atoms with Gasteiger partial charge in [-0.2, -0.15) is 0 Å². The number of rotatable bonds is 7. The van der Waals surface area contributed by atoms with Crippen molar-refractivity contribution in [3.05, 3.63) is 81.6 Å². The van der Waals surface area contributed by atoms with Crippen molar-refractivity contribution in [2.75, 3.05) is 18.6 Å². The van der Waals surface area contributed by atoms with Gasteiger partial charge in [-0.05, 0) is 55.3 Å². The van der Waals surface area contributed by atoms with E-state index in [1.165, 1.54) is 19.2 Å². The molecular formula is C26H23FN2O6S. The summed E-state index contributed by atoms with van der Waals surface area (Å²) in [6, 6.07) is 10.7. The number of carbonyl (C=O) groups excluding carboxylic acids is 3. The number of benzene rings is 2. The minimum Gasteiger partial charge on any atom is -0.507 e. The quantitative estimate of drug-likeness (QED) is 0.211. The Balaban J connectivity index is 1.92. The van der Waals surface area contributed by atoms with Crippen LogP contribution in [0.4, 0.5) is 9.52 Å². The summed E-state index contributed by atoms with van der Waals surface area (Å²) in [7, 11) is 1.23. The number of ketones is 1. The molecule has 0 saturated carbocycles. The number of esters is 1. The zero-order valence-corrected chi connectivity index (χ0v) is 20.6. The summed E-state index contributed by atoms with van der Waals surface area (Å²) in [5.74, 6) is -2.93. The number of amides is 1. The van der Waals surface area contributed by atoms with E-state index in [0.29, 0.717) is 23.6 Å². The highest BCUT2D eigenvalue weighted by Crippen LogP contribution is 2.44. The van der Waals surface area contributed by atoms with Gasteiger partial charge in [-0.25, -0.2) is 14.2 Å². The van der Waals surface area contributed by atoms with Gasteiger partial charge in [0.25, 0.3) is 5.78 Å². The van der Waals surface area contributed by atoms with Crippen LogP contribution in [0.25, 0.3) is 5.76 Å². The maximum Gasteiger partial charge on any atom is 0.350 e. The van der Waals surface area contributed by atoms with E-state index in [1.54, 1.807) is 31.2 Å². The van der Waals surface area contributed by atoms with Crippen molar-refractivity contribution in [1.29, 1.82) is 0 Å². The molecule has 4 rings (SSSR count). The zero-order valence-electron chi connectivity index (χ0n) is 19.8. The Morgan fingerprint density at radius 3 is 2.58 bits per heavy atom. The third-order valence-electron chi connectivity index (χ3n) is 5.57. The minimum atomic E-state index is -1.07. The second kappa shape index (κ2) is 10.3. The summed E-state index contributed by atoms with van der Waals surface area (Å²) >= 11 is 0.905. The Kier molecular flexibility index (Phi) is 7.16. The molecule has 3 aromatic rings. The molecule has 1 N–H and O–H groups in total. The van der Waals surface area contributed by atoms with E-state index in [-0.39, 0.29) is 21.1 Å². The highest BCUT2D eigenvalue weighted by atomic mass is 32.1. The summed E-state index contributed by atoms with van der Waals surface area (Å²) in [4.78, 5) is 44.4. The van der Waals surface area contributed by atoms with Gasteiger partial charge in [-0.3, -0.25) is 14.5 Å². The number of aromatic nitrogens is 1. The van der Waals surface area contributed by atoms with Crippen LogP contribution < -0.4 is 9.64 Å². The molecule has 36 heavy (non-hydrogen) atoms. The number of ether oxygens (including phenoxy) is 2. The Bertz CT molecular complexity index is 1370. The molecule has 2 aromatic carbocycles. The van der Waals surface area contributed by atoms with Gasteiger partial charge >= 0.3 is 11.9 Å². The third kappa shape index (κ3) is 4.59. The van der Waals surface area contributed by atoms with Crippen molar-refractivity contribution in [2.45, 2.75) is 26.3 Å². The Morgan fingerprint density at radius 2 is 1.92 bits per heavy atom. The smallest absolute Gasteiger partial charge is 0.350 e.